The zero-order chi connectivity index (χ0) is 13.7. The molecule has 0 rings (SSSR count). The molecule has 0 heterocycles. The van der Waals surface area contributed by atoms with E-state index in [1.54, 1.807) is 13.0 Å². The molecule has 0 aliphatic rings. The van der Waals surface area contributed by atoms with Gasteiger partial charge < -0.3 is 4.74 Å². The van der Waals surface area contributed by atoms with Crippen LogP contribution in [-0.4, -0.2) is 18.9 Å². The Morgan fingerprint density at radius 2 is 1.76 bits per heavy atom. The van der Waals surface area contributed by atoms with E-state index in [0.29, 0.717) is 6.61 Å². The van der Waals surface area contributed by atoms with Crippen molar-refractivity contribution in [3.8, 4) is 0 Å². The number of hydrogen-bond donors (Lipinski definition) is 0. The largest absolute Gasteiger partial charge is 0.466 e. The number of hydrogen-bond acceptors (Lipinski definition) is 3. The van der Waals surface area contributed by atoms with E-state index in [0.717, 1.165) is 24.7 Å². The minimum absolute atomic E-state index is 0.211. The molecule has 0 aromatic rings. The Bertz CT molecular complexity index is 271. The van der Waals surface area contributed by atoms with Crippen LogP contribution >= 0.6 is 0 Å². The van der Waals surface area contributed by atoms with E-state index in [4.69, 9.17) is 0 Å². The van der Waals surface area contributed by atoms with Crippen LogP contribution in [0.5, 0.6) is 0 Å². The Hall–Kier alpha value is -1.38. The average molecular weight is 240 g/mol. The maximum Gasteiger partial charge on any atom is 0.302 e. The van der Waals surface area contributed by atoms with Crippen molar-refractivity contribution in [1.29, 1.82) is 0 Å². The van der Waals surface area contributed by atoms with Gasteiger partial charge in [0.2, 0.25) is 0 Å². The summed E-state index contributed by atoms with van der Waals surface area (Å²) >= 11 is 0. The molecule has 0 aliphatic carbocycles. The topological polar surface area (TPSA) is 43.4 Å². The average Bonchev–Trinajstić information content (AvgIpc) is 2.18. The third-order valence-corrected chi connectivity index (χ3v) is 1.79. The first-order valence-corrected chi connectivity index (χ1v) is 5.81. The number of esters is 1. The molecule has 0 amide bonds. The van der Waals surface area contributed by atoms with Crippen LogP contribution in [0.4, 0.5) is 0 Å². The number of allylic oxidation sites excluding steroid dienone is 4. The van der Waals surface area contributed by atoms with Gasteiger partial charge in [-0.2, -0.15) is 0 Å². The summed E-state index contributed by atoms with van der Waals surface area (Å²) in [5, 5.41) is 0. The van der Waals surface area contributed by atoms with E-state index in [1.165, 1.54) is 12.5 Å². The molecular weight excluding hydrogens is 216 g/mol. The van der Waals surface area contributed by atoms with Crippen LogP contribution in [0.3, 0.4) is 0 Å². The number of ether oxygens (including phenoxy) is 1. The third-order valence-electron chi connectivity index (χ3n) is 1.79. The summed E-state index contributed by atoms with van der Waals surface area (Å²) in [5.74, 6) is -0.211. The molecule has 0 radical (unpaired) electrons. The van der Waals surface area contributed by atoms with Gasteiger partial charge >= 0.3 is 5.97 Å². The second kappa shape index (κ2) is 12.7. The first-order chi connectivity index (χ1) is 7.93. The maximum absolute atomic E-state index is 10.0. The number of carbonyl (C=O) groups excluding carboxylic acids is 2. The second-order valence-electron chi connectivity index (χ2n) is 3.89. The van der Waals surface area contributed by atoms with Crippen LogP contribution in [0.25, 0.3) is 0 Å². The molecule has 0 aliphatic heterocycles. The molecule has 0 bridgehead atoms. The standard InChI is InChI=1S/C10H16O.C4H8O2/c1-9(2)5-4-6-10(3)7-8-11;1-3-6-4(2)5/h5,7-8H,4,6H2,1-3H3;3H2,1-2H3. The van der Waals surface area contributed by atoms with Gasteiger partial charge in [0.05, 0.1) is 6.61 Å². The van der Waals surface area contributed by atoms with Gasteiger partial charge in [0, 0.05) is 6.92 Å². The lowest BCUT2D eigenvalue weighted by Gasteiger charge is -1.94. The van der Waals surface area contributed by atoms with Crippen LogP contribution in [-0.2, 0) is 14.3 Å². The smallest absolute Gasteiger partial charge is 0.302 e. The van der Waals surface area contributed by atoms with Gasteiger partial charge in [-0.3, -0.25) is 9.59 Å². The van der Waals surface area contributed by atoms with Gasteiger partial charge in [-0.1, -0.05) is 17.2 Å². The summed E-state index contributed by atoms with van der Waals surface area (Å²) < 4.78 is 4.40. The van der Waals surface area contributed by atoms with E-state index < -0.39 is 0 Å². The van der Waals surface area contributed by atoms with Crippen LogP contribution in [0.15, 0.2) is 23.3 Å². The molecule has 0 aromatic heterocycles. The van der Waals surface area contributed by atoms with Crippen molar-refractivity contribution in [1.82, 2.24) is 0 Å². The van der Waals surface area contributed by atoms with E-state index in [2.05, 4.69) is 24.7 Å². The molecular formula is C14H24O3. The number of carbonyl (C=O) groups is 2. The van der Waals surface area contributed by atoms with E-state index in [9.17, 15) is 9.59 Å². The first kappa shape index (κ1) is 18.0. The van der Waals surface area contributed by atoms with Gasteiger partial charge in [-0.25, -0.2) is 0 Å². The van der Waals surface area contributed by atoms with Crippen molar-refractivity contribution in [3.63, 3.8) is 0 Å². The molecule has 17 heavy (non-hydrogen) atoms. The highest BCUT2D eigenvalue weighted by molar-refractivity contribution is 5.66. The summed E-state index contributed by atoms with van der Waals surface area (Å²) in [6.45, 7) is 9.80. The van der Waals surface area contributed by atoms with Crippen molar-refractivity contribution in [2.75, 3.05) is 6.61 Å². The van der Waals surface area contributed by atoms with Crippen molar-refractivity contribution in [3.05, 3.63) is 23.3 Å². The van der Waals surface area contributed by atoms with Gasteiger partial charge in [-0.05, 0) is 46.6 Å². The van der Waals surface area contributed by atoms with Crippen LogP contribution in [0.1, 0.15) is 47.5 Å². The van der Waals surface area contributed by atoms with Crippen LogP contribution in [0, 0.1) is 0 Å². The number of aldehydes is 1. The molecule has 0 spiro atoms. The second-order valence-corrected chi connectivity index (χ2v) is 3.89. The van der Waals surface area contributed by atoms with Crippen molar-refractivity contribution in [2.45, 2.75) is 47.5 Å². The molecule has 0 saturated carbocycles. The lowest BCUT2D eigenvalue weighted by Crippen LogP contribution is -1.95. The molecule has 98 valence electrons. The Morgan fingerprint density at radius 3 is 2.06 bits per heavy atom. The monoisotopic (exact) mass is 240 g/mol. The van der Waals surface area contributed by atoms with Gasteiger partial charge in [0.1, 0.15) is 6.29 Å². The molecule has 3 heteroatoms. The van der Waals surface area contributed by atoms with Crippen LogP contribution in [0.2, 0.25) is 0 Å². The third kappa shape index (κ3) is 20.6. The molecule has 0 unspecified atom stereocenters. The summed E-state index contributed by atoms with van der Waals surface area (Å²) in [6, 6.07) is 0. The van der Waals surface area contributed by atoms with Gasteiger partial charge in [-0.15, -0.1) is 0 Å². The van der Waals surface area contributed by atoms with Crippen molar-refractivity contribution in [2.24, 2.45) is 0 Å². The number of rotatable bonds is 5. The molecule has 0 saturated heterocycles. The summed E-state index contributed by atoms with van der Waals surface area (Å²) in [5.41, 5.74) is 2.49. The minimum atomic E-state index is -0.211. The fourth-order valence-electron chi connectivity index (χ4n) is 0.991. The van der Waals surface area contributed by atoms with E-state index >= 15 is 0 Å². The normalized spacial score (nSPS) is 9.82. The van der Waals surface area contributed by atoms with Crippen molar-refractivity contribution < 1.29 is 14.3 Å². The Labute approximate surface area is 105 Å². The molecule has 0 atom stereocenters. The maximum atomic E-state index is 10.0. The predicted octanol–water partition coefficient (Wildman–Crippen LogP) is 3.45. The summed E-state index contributed by atoms with van der Waals surface area (Å²) in [6.07, 6.45) is 6.68. The fourth-order valence-corrected chi connectivity index (χ4v) is 0.991. The molecule has 3 nitrogen and oxygen atoms in total. The summed E-state index contributed by atoms with van der Waals surface area (Å²) in [4.78, 5) is 19.8. The van der Waals surface area contributed by atoms with Gasteiger partial charge in [0.15, 0.2) is 0 Å². The Balaban J connectivity index is 0. The first-order valence-electron chi connectivity index (χ1n) is 5.81. The van der Waals surface area contributed by atoms with Crippen LogP contribution < -0.4 is 0 Å². The van der Waals surface area contributed by atoms with E-state index in [-0.39, 0.29) is 5.97 Å². The lowest BCUT2D eigenvalue weighted by molar-refractivity contribution is -0.140. The van der Waals surface area contributed by atoms with Gasteiger partial charge in [0.25, 0.3) is 0 Å². The predicted molar refractivity (Wildman–Crippen MR) is 70.8 cm³/mol. The Kier molecular flexibility index (Phi) is 13.4. The zero-order valence-corrected chi connectivity index (χ0v) is 11.6. The summed E-state index contributed by atoms with van der Waals surface area (Å²) in [7, 11) is 0. The lowest BCUT2D eigenvalue weighted by atomic mass is 10.1. The molecule has 0 fully saturated rings. The van der Waals surface area contributed by atoms with Crippen molar-refractivity contribution >= 4 is 12.3 Å². The SMILES string of the molecule is CC(C)=CCCC(C)=CC=O.CCOC(C)=O. The molecule has 0 aromatic carbocycles. The highest BCUT2D eigenvalue weighted by Crippen LogP contribution is 2.05. The van der Waals surface area contributed by atoms with E-state index in [1.807, 2.05) is 6.92 Å². The zero-order valence-electron chi connectivity index (χ0n) is 11.6. The Morgan fingerprint density at radius 1 is 1.18 bits per heavy atom. The fraction of sp³-hybridized carbons (Fsp3) is 0.571. The molecule has 0 N–H and O–H groups in total. The highest BCUT2D eigenvalue weighted by Gasteiger charge is 1.86. The minimum Gasteiger partial charge on any atom is -0.466 e. The highest BCUT2D eigenvalue weighted by atomic mass is 16.5. The quantitative estimate of drug-likeness (QED) is 0.320.